The summed E-state index contributed by atoms with van der Waals surface area (Å²) < 4.78 is 1.71. The summed E-state index contributed by atoms with van der Waals surface area (Å²) in [5.74, 6) is 1.01. The molecule has 6 heteroatoms. The fourth-order valence-corrected chi connectivity index (χ4v) is 1.76. The van der Waals surface area contributed by atoms with Crippen LogP contribution in [0.5, 0.6) is 0 Å². The Balaban J connectivity index is 1.48. The number of hydrogen-bond donors (Lipinski definition) is 2. The molecule has 0 spiro atoms. The van der Waals surface area contributed by atoms with Crippen molar-refractivity contribution in [2.45, 2.75) is 12.8 Å². The van der Waals surface area contributed by atoms with E-state index in [0.29, 0.717) is 19.0 Å². The number of nitrogens with one attached hydrogen (secondary N) is 2. The van der Waals surface area contributed by atoms with E-state index in [-0.39, 0.29) is 11.8 Å². The summed E-state index contributed by atoms with van der Waals surface area (Å²) >= 11 is 0. The maximum Gasteiger partial charge on any atom is 0.243 e. The lowest BCUT2D eigenvalue weighted by Crippen LogP contribution is -2.29. The third-order valence-corrected chi connectivity index (χ3v) is 2.90. The minimum absolute atomic E-state index is 0.166. The summed E-state index contributed by atoms with van der Waals surface area (Å²) in [7, 11) is 0. The van der Waals surface area contributed by atoms with Crippen molar-refractivity contribution in [2.75, 3.05) is 18.4 Å². The SMILES string of the molecule is O=C(NCCNc1nc2ccccn2n1)C1CC1. The van der Waals surface area contributed by atoms with Crippen LogP contribution in [0.1, 0.15) is 12.8 Å². The largest absolute Gasteiger partial charge is 0.354 e. The standard InChI is InChI=1S/C12H15N5O/c18-11(9-4-5-9)13-6-7-14-12-15-10-3-1-2-8-17(10)16-12/h1-3,8-9H,4-7H2,(H,13,18)(H,14,16). The maximum atomic E-state index is 11.4. The number of hydrogen-bond acceptors (Lipinski definition) is 4. The molecule has 1 amide bonds. The quantitative estimate of drug-likeness (QED) is 0.759. The van der Waals surface area contributed by atoms with Gasteiger partial charge in [-0.05, 0) is 25.0 Å². The summed E-state index contributed by atoms with van der Waals surface area (Å²) in [5, 5.41) is 10.2. The van der Waals surface area contributed by atoms with Crippen LogP contribution >= 0.6 is 0 Å². The first kappa shape index (κ1) is 11.0. The third kappa shape index (κ3) is 2.42. The molecule has 3 rings (SSSR count). The zero-order valence-corrected chi connectivity index (χ0v) is 9.97. The molecule has 2 aromatic rings. The Hall–Kier alpha value is -2.11. The van der Waals surface area contributed by atoms with E-state index >= 15 is 0 Å². The molecular weight excluding hydrogens is 230 g/mol. The van der Waals surface area contributed by atoms with Gasteiger partial charge in [0, 0.05) is 25.2 Å². The van der Waals surface area contributed by atoms with Crippen molar-refractivity contribution in [1.82, 2.24) is 19.9 Å². The number of rotatable bonds is 5. The molecule has 6 nitrogen and oxygen atoms in total. The fourth-order valence-electron chi connectivity index (χ4n) is 1.76. The lowest BCUT2D eigenvalue weighted by atomic mass is 10.4. The molecule has 1 aliphatic rings. The van der Waals surface area contributed by atoms with E-state index in [0.717, 1.165) is 18.5 Å². The van der Waals surface area contributed by atoms with Crippen molar-refractivity contribution in [3.63, 3.8) is 0 Å². The van der Waals surface area contributed by atoms with Gasteiger partial charge in [0.25, 0.3) is 0 Å². The predicted octanol–water partition coefficient (Wildman–Crippen LogP) is 0.667. The van der Waals surface area contributed by atoms with Crippen LogP contribution in [0.3, 0.4) is 0 Å². The molecule has 1 aliphatic carbocycles. The van der Waals surface area contributed by atoms with Gasteiger partial charge in [0.05, 0.1) is 0 Å². The minimum Gasteiger partial charge on any atom is -0.354 e. The molecule has 0 radical (unpaired) electrons. The number of nitrogens with zero attached hydrogens (tertiary/aromatic N) is 3. The van der Waals surface area contributed by atoms with E-state index in [1.807, 2.05) is 24.4 Å². The van der Waals surface area contributed by atoms with Gasteiger partial charge in [0.15, 0.2) is 5.65 Å². The van der Waals surface area contributed by atoms with Gasteiger partial charge in [0.2, 0.25) is 11.9 Å². The monoisotopic (exact) mass is 245 g/mol. The summed E-state index contributed by atoms with van der Waals surface area (Å²) in [5.41, 5.74) is 0.807. The Morgan fingerprint density at radius 1 is 1.39 bits per heavy atom. The first-order valence-electron chi connectivity index (χ1n) is 6.16. The summed E-state index contributed by atoms with van der Waals surface area (Å²) in [4.78, 5) is 15.7. The van der Waals surface area contributed by atoms with Gasteiger partial charge in [-0.1, -0.05) is 6.07 Å². The second-order valence-corrected chi connectivity index (χ2v) is 4.43. The smallest absolute Gasteiger partial charge is 0.243 e. The highest BCUT2D eigenvalue weighted by Crippen LogP contribution is 2.28. The van der Waals surface area contributed by atoms with Gasteiger partial charge >= 0.3 is 0 Å². The molecule has 0 atom stereocenters. The normalized spacial score (nSPS) is 14.7. The molecule has 94 valence electrons. The molecule has 1 saturated carbocycles. The number of aromatic nitrogens is 3. The topological polar surface area (TPSA) is 71.3 Å². The van der Waals surface area contributed by atoms with Crippen LogP contribution in [0, 0.1) is 5.92 Å². The van der Waals surface area contributed by atoms with E-state index in [1.165, 1.54) is 0 Å². The van der Waals surface area contributed by atoms with Crippen LogP contribution in [0.15, 0.2) is 24.4 Å². The maximum absolute atomic E-state index is 11.4. The summed E-state index contributed by atoms with van der Waals surface area (Å²) in [6, 6.07) is 5.72. The Labute approximate surface area is 104 Å². The Morgan fingerprint density at radius 2 is 2.28 bits per heavy atom. The Kier molecular flexibility index (Phi) is 2.84. The first-order valence-corrected chi connectivity index (χ1v) is 6.16. The van der Waals surface area contributed by atoms with Gasteiger partial charge in [-0.15, -0.1) is 5.10 Å². The van der Waals surface area contributed by atoms with E-state index in [9.17, 15) is 4.79 Å². The van der Waals surface area contributed by atoms with Crippen LogP contribution in [0.25, 0.3) is 5.65 Å². The molecule has 0 bridgehead atoms. The highest BCUT2D eigenvalue weighted by atomic mass is 16.2. The van der Waals surface area contributed by atoms with Gasteiger partial charge < -0.3 is 10.6 Å². The number of carbonyl (C=O) groups is 1. The number of pyridine rings is 1. The molecular formula is C12H15N5O. The predicted molar refractivity (Wildman–Crippen MR) is 67.2 cm³/mol. The molecule has 2 N–H and O–H groups in total. The van der Waals surface area contributed by atoms with Crippen molar-refractivity contribution < 1.29 is 4.79 Å². The average molecular weight is 245 g/mol. The van der Waals surface area contributed by atoms with Crippen molar-refractivity contribution in [1.29, 1.82) is 0 Å². The van der Waals surface area contributed by atoms with Crippen molar-refractivity contribution >= 4 is 17.5 Å². The highest BCUT2D eigenvalue weighted by molar-refractivity contribution is 5.80. The molecule has 18 heavy (non-hydrogen) atoms. The third-order valence-electron chi connectivity index (χ3n) is 2.90. The molecule has 0 unspecified atom stereocenters. The van der Waals surface area contributed by atoms with Gasteiger partial charge in [-0.2, -0.15) is 4.98 Å². The van der Waals surface area contributed by atoms with Gasteiger partial charge in [-0.25, -0.2) is 4.52 Å². The number of fused-ring (bicyclic) bond motifs is 1. The van der Waals surface area contributed by atoms with Crippen LogP contribution in [-0.2, 0) is 4.79 Å². The molecule has 0 aliphatic heterocycles. The molecule has 1 fully saturated rings. The second kappa shape index (κ2) is 4.64. The first-order chi connectivity index (χ1) is 8.83. The number of anilines is 1. The van der Waals surface area contributed by atoms with Gasteiger partial charge in [-0.3, -0.25) is 4.79 Å². The average Bonchev–Trinajstić information content (AvgIpc) is 3.14. The molecule has 2 aromatic heterocycles. The lowest BCUT2D eigenvalue weighted by molar-refractivity contribution is -0.122. The molecule has 0 saturated heterocycles. The Morgan fingerprint density at radius 3 is 3.06 bits per heavy atom. The second-order valence-electron chi connectivity index (χ2n) is 4.43. The lowest BCUT2D eigenvalue weighted by Gasteiger charge is -2.03. The van der Waals surface area contributed by atoms with E-state index in [4.69, 9.17) is 0 Å². The zero-order chi connectivity index (χ0) is 12.4. The number of carbonyl (C=O) groups excluding carboxylic acids is 1. The molecule has 2 heterocycles. The highest BCUT2D eigenvalue weighted by Gasteiger charge is 2.28. The van der Waals surface area contributed by atoms with Crippen molar-refractivity contribution in [3.05, 3.63) is 24.4 Å². The van der Waals surface area contributed by atoms with Crippen LogP contribution in [-0.4, -0.2) is 33.6 Å². The fraction of sp³-hybridized carbons (Fsp3) is 0.417. The minimum atomic E-state index is 0.166. The summed E-state index contributed by atoms with van der Waals surface area (Å²) in [6.07, 6.45) is 3.92. The van der Waals surface area contributed by atoms with Gasteiger partial charge in [0.1, 0.15) is 0 Å². The zero-order valence-electron chi connectivity index (χ0n) is 9.97. The van der Waals surface area contributed by atoms with Crippen LogP contribution in [0.4, 0.5) is 5.95 Å². The van der Waals surface area contributed by atoms with E-state index in [2.05, 4.69) is 20.7 Å². The van der Waals surface area contributed by atoms with Crippen LogP contribution < -0.4 is 10.6 Å². The molecule has 0 aromatic carbocycles. The van der Waals surface area contributed by atoms with E-state index < -0.39 is 0 Å². The van der Waals surface area contributed by atoms with Crippen LogP contribution in [0.2, 0.25) is 0 Å². The summed E-state index contributed by atoms with van der Waals surface area (Å²) in [6.45, 7) is 1.24. The van der Waals surface area contributed by atoms with Crippen molar-refractivity contribution in [3.8, 4) is 0 Å². The van der Waals surface area contributed by atoms with Crippen molar-refractivity contribution in [2.24, 2.45) is 5.92 Å². The Bertz CT molecular complexity index is 527. The number of amides is 1. The van der Waals surface area contributed by atoms with E-state index in [1.54, 1.807) is 4.52 Å².